The molecule has 0 aromatic carbocycles. The van der Waals surface area contributed by atoms with Gasteiger partial charge in [0, 0.05) is 19.0 Å². The van der Waals surface area contributed by atoms with Crippen LogP contribution in [0.5, 0.6) is 0 Å². The minimum atomic E-state index is -0.392. The van der Waals surface area contributed by atoms with E-state index in [-0.39, 0.29) is 17.7 Å². The number of nitrogens with zero attached hydrogens (tertiary/aromatic N) is 4. The Kier molecular flexibility index (Phi) is 3.64. The van der Waals surface area contributed by atoms with Gasteiger partial charge in [-0.2, -0.15) is 0 Å². The number of hydrogen-bond donors (Lipinski definition) is 2. The van der Waals surface area contributed by atoms with Crippen molar-refractivity contribution in [1.29, 1.82) is 0 Å². The summed E-state index contributed by atoms with van der Waals surface area (Å²) in [6.07, 6.45) is 8.05. The van der Waals surface area contributed by atoms with Crippen LogP contribution in [-0.2, 0) is 9.59 Å². The van der Waals surface area contributed by atoms with Gasteiger partial charge in [0.05, 0.1) is 42.5 Å². The highest BCUT2D eigenvalue weighted by Gasteiger charge is 2.45. The van der Waals surface area contributed by atoms with E-state index in [0.29, 0.717) is 13.1 Å². The number of hydrazine groups is 2. The molecule has 24 heavy (non-hydrogen) atoms. The van der Waals surface area contributed by atoms with E-state index in [1.54, 1.807) is 28.6 Å². The minimum Gasteiger partial charge on any atom is -0.291 e. The summed E-state index contributed by atoms with van der Waals surface area (Å²) in [5, 5.41) is 3.53. The molecule has 4 rings (SSSR count). The number of nitrogens with one attached hydrogen (secondary N) is 2. The van der Waals surface area contributed by atoms with Crippen molar-refractivity contribution in [3.05, 3.63) is 36.3 Å². The van der Waals surface area contributed by atoms with Gasteiger partial charge in [-0.1, -0.05) is 6.08 Å². The molecule has 3 aliphatic heterocycles. The fourth-order valence-electron chi connectivity index (χ4n) is 3.23. The maximum atomic E-state index is 12.4. The van der Waals surface area contributed by atoms with E-state index in [1.807, 2.05) is 18.2 Å². The number of dihydropyridines is 1. The molecule has 2 atom stereocenters. The van der Waals surface area contributed by atoms with E-state index in [4.69, 9.17) is 0 Å². The molecule has 0 aliphatic carbocycles. The monoisotopic (exact) mass is 326 g/mol. The second-order valence-electron chi connectivity index (χ2n) is 6.05. The van der Waals surface area contributed by atoms with Gasteiger partial charge in [-0.25, -0.2) is 0 Å². The fraction of sp³-hybridized carbons (Fsp3) is 0.375. The lowest BCUT2D eigenvalue weighted by Gasteiger charge is -2.20. The first-order chi connectivity index (χ1) is 11.7. The summed E-state index contributed by atoms with van der Waals surface area (Å²) in [5.41, 5.74) is 7.38. The lowest BCUT2D eigenvalue weighted by atomic mass is 9.92. The lowest BCUT2D eigenvalue weighted by molar-refractivity contribution is -0.130. The van der Waals surface area contributed by atoms with Gasteiger partial charge in [-0.15, -0.1) is 0 Å². The molecule has 8 heteroatoms. The van der Waals surface area contributed by atoms with Crippen molar-refractivity contribution in [3.8, 4) is 0 Å². The Morgan fingerprint density at radius 2 is 1.83 bits per heavy atom. The molecular weight excluding hydrogens is 308 g/mol. The third kappa shape index (κ3) is 2.60. The number of hydrogen-bond acceptors (Lipinski definition) is 6. The van der Waals surface area contributed by atoms with Crippen molar-refractivity contribution in [1.82, 2.24) is 20.8 Å². The molecular formula is C16H18N6O2. The maximum absolute atomic E-state index is 12.4. The highest BCUT2D eigenvalue weighted by atomic mass is 16.2. The van der Waals surface area contributed by atoms with E-state index < -0.39 is 5.92 Å². The molecule has 1 aromatic heterocycles. The van der Waals surface area contributed by atoms with Gasteiger partial charge in [-0.05, 0) is 18.6 Å². The Morgan fingerprint density at radius 1 is 1.08 bits per heavy atom. The summed E-state index contributed by atoms with van der Waals surface area (Å²) < 4.78 is 0. The Balaban J connectivity index is 1.48. The second-order valence-corrected chi connectivity index (χ2v) is 6.05. The molecule has 0 radical (unpaired) electrons. The number of allylic oxidation sites excluding steroid dienone is 1. The zero-order valence-corrected chi connectivity index (χ0v) is 13.1. The quantitative estimate of drug-likeness (QED) is 0.808. The number of amides is 2. The maximum Gasteiger partial charge on any atom is 0.244 e. The number of anilines is 1. The van der Waals surface area contributed by atoms with Gasteiger partial charge >= 0.3 is 0 Å². The normalized spacial score (nSPS) is 26.4. The van der Waals surface area contributed by atoms with Crippen LogP contribution >= 0.6 is 0 Å². The van der Waals surface area contributed by atoms with E-state index in [9.17, 15) is 9.59 Å². The SMILES string of the molecule is O=C1NN(C2=CCCN=C2)CC1C1CN(c2cccnc2)NC1=O. The van der Waals surface area contributed by atoms with Gasteiger partial charge in [0.1, 0.15) is 0 Å². The Bertz CT molecular complexity index is 717. The molecule has 3 aliphatic rings. The molecule has 2 fully saturated rings. The number of aliphatic imine (C=N–C) groups is 1. The molecule has 2 saturated heterocycles. The van der Waals surface area contributed by atoms with Crippen molar-refractivity contribution < 1.29 is 9.59 Å². The van der Waals surface area contributed by atoms with Crippen molar-refractivity contribution in [3.63, 3.8) is 0 Å². The molecule has 124 valence electrons. The second kappa shape index (κ2) is 5.95. The molecule has 2 amide bonds. The zero-order valence-electron chi connectivity index (χ0n) is 13.1. The Hall–Kier alpha value is -2.90. The standard InChI is InChI=1S/C16H18N6O2/c23-15-13(9-21(19-15)11-3-1-5-17-7-11)14-10-22(20-16(14)24)12-4-2-6-18-8-12/h1,3-5,7-8,13-14H,2,6,9-10H2,(H,19,23)(H,20,24). The van der Waals surface area contributed by atoms with Gasteiger partial charge in [-0.3, -0.25) is 40.4 Å². The lowest BCUT2D eigenvalue weighted by Crippen LogP contribution is -2.34. The van der Waals surface area contributed by atoms with Crippen molar-refractivity contribution in [2.45, 2.75) is 6.42 Å². The first-order valence-corrected chi connectivity index (χ1v) is 7.98. The largest absolute Gasteiger partial charge is 0.291 e. The van der Waals surface area contributed by atoms with Crippen LogP contribution < -0.4 is 15.9 Å². The summed E-state index contributed by atoms with van der Waals surface area (Å²) in [4.78, 5) is 33.0. The van der Waals surface area contributed by atoms with E-state index in [0.717, 1.165) is 24.4 Å². The van der Waals surface area contributed by atoms with Crippen LogP contribution in [-0.4, -0.2) is 47.7 Å². The van der Waals surface area contributed by atoms with Crippen LogP contribution in [0.25, 0.3) is 0 Å². The average Bonchev–Trinajstić information content (AvgIpc) is 3.19. The molecule has 1 aromatic rings. The smallest absolute Gasteiger partial charge is 0.244 e. The van der Waals surface area contributed by atoms with Crippen molar-refractivity contribution in [2.24, 2.45) is 16.8 Å². The third-order valence-electron chi connectivity index (χ3n) is 4.51. The number of rotatable bonds is 3. The zero-order chi connectivity index (χ0) is 16.5. The molecule has 4 heterocycles. The van der Waals surface area contributed by atoms with E-state index in [1.165, 1.54) is 0 Å². The van der Waals surface area contributed by atoms with Crippen LogP contribution in [0.4, 0.5) is 5.69 Å². The topological polar surface area (TPSA) is 89.9 Å². The first-order valence-electron chi connectivity index (χ1n) is 7.98. The van der Waals surface area contributed by atoms with Crippen LogP contribution in [0.2, 0.25) is 0 Å². The molecule has 0 spiro atoms. The van der Waals surface area contributed by atoms with Crippen LogP contribution in [0.3, 0.4) is 0 Å². The number of carbonyl (C=O) groups is 2. The first kappa shape index (κ1) is 14.7. The summed E-state index contributed by atoms with van der Waals surface area (Å²) in [6.45, 7) is 1.69. The summed E-state index contributed by atoms with van der Waals surface area (Å²) in [7, 11) is 0. The predicted molar refractivity (Wildman–Crippen MR) is 87.6 cm³/mol. The highest BCUT2D eigenvalue weighted by Crippen LogP contribution is 2.27. The summed E-state index contributed by atoms with van der Waals surface area (Å²) in [5.74, 6) is -1.03. The van der Waals surface area contributed by atoms with Crippen LogP contribution in [0, 0.1) is 11.8 Å². The third-order valence-corrected chi connectivity index (χ3v) is 4.51. The summed E-state index contributed by atoms with van der Waals surface area (Å²) in [6, 6.07) is 3.69. The molecule has 8 nitrogen and oxygen atoms in total. The molecule has 2 N–H and O–H groups in total. The highest BCUT2D eigenvalue weighted by molar-refractivity contribution is 5.92. The van der Waals surface area contributed by atoms with E-state index in [2.05, 4.69) is 20.8 Å². The van der Waals surface area contributed by atoms with Crippen LogP contribution in [0.15, 0.2) is 41.3 Å². The van der Waals surface area contributed by atoms with Gasteiger partial charge < -0.3 is 0 Å². The van der Waals surface area contributed by atoms with Gasteiger partial charge in [0.2, 0.25) is 11.8 Å². The van der Waals surface area contributed by atoms with Crippen LogP contribution in [0.1, 0.15) is 6.42 Å². The van der Waals surface area contributed by atoms with E-state index >= 15 is 0 Å². The Labute approximate surface area is 139 Å². The minimum absolute atomic E-state index is 0.122. The Morgan fingerprint density at radius 3 is 2.50 bits per heavy atom. The molecule has 0 bridgehead atoms. The van der Waals surface area contributed by atoms with Crippen molar-refractivity contribution in [2.75, 3.05) is 24.6 Å². The average molecular weight is 326 g/mol. The molecule has 0 saturated carbocycles. The van der Waals surface area contributed by atoms with Gasteiger partial charge in [0.25, 0.3) is 0 Å². The number of carbonyl (C=O) groups excluding carboxylic acids is 2. The fourth-order valence-corrected chi connectivity index (χ4v) is 3.23. The number of aromatic nitrogens is 1. The van der Waals surface area contributed by atoms with Gasteiger partial charge in [0.15, 0.2) is 0 Å². The molecule has 2 unspecified atom stereocenters. The number of pyridine rings is 1. The summed E-state index contributed by atoms with van der Waals surface area (Å²) >= 11 is 0. The van der Waals surface area contributed by atoms with Crippen molar-refractivity contribution >= 4 is 23.7 Å². The predicted octanol–water partition coefficient (Wildman–Crippen LogP) is -0.130.